The van der Waals surface area contributed by atoms with Gasteiger partial charge in [0, 0.05) is 62.9 Å². The van der Waals surface area contributed by atoms with Crippen LogP contribution >= 0.6 is 0 Å². The number of ketones is 1. The highest BCUT2D eigenvalue weighted by Gasteiger charge is 2.18. The molecular weight excluding hydrogens is 366 g/mol. The highest BCUT2D eigenvalue weighted by Crippen LogP contribution is 2.20. The second kappa shape index (κ2) is 9.37. The van der Waals surface area contributed by atoms with E-state index in [-0.39, 0.29) is 30.4 Å². The third-order valence-electron chi connectivity index (χ3n) is 5.27. The molecule has 29 heavy (non-hydrogen) atoms. The lowest BCUT2D eigenvalue weighted by molar-refractivity contribution is -0.129. The molecule has 0 bridgehead atoms. The molecule has 2 amide bonds. The molecule has 1 aliphatic heterocycles. The number of hydrogen-bond donors (Lipinski definition) is 1. The number of nitrogens with zero attached hydrogens (tertiary/aromatic N) is 2. The average molecular weight is 393 g/mol. The van der Waals surface area contributed by atoms with Gasteiger partial charge in [-0.15, -0.1) is 0 Å². The number of aryl methyl sites for hydroxylation is 1. The summed E-state index contributed by atoms with van der Waals surface area (Å²) in [6, 6.07) is 15.1. The van der Waals surface area contributed by atoms with Gasteiger partial charge in [0.15, 0.2) is 5.78 Å². The molecule has 0 unspecified atom stereocenters. The van der Waals surface area contributed by atoms with Gasteiger partial charge in [0.1, 0.15) is 0 Å². The summed E-state index contributed by atoms with van der Waals surface area (Å²) in [5.41, 5.74) is 3.39. The fourth-order valence-electron chi connectivity index (χ4n) is 3.51. The summed E-state index contributed by atoms with van der Waals surface area (Å²) < 4.78 is 0. The molecule has 1 saturated heterocycles. The number of piperazine rings is 1. The number of carbonyl (C=O) groups is 3. The summed E-state index contributed by atoms with van der Waals surface area (Å²) in [6.45, 7) is 6.54. The third-order valence-corrected chi connectivity index (χ3v) is 5.27. The molecule has 0 aliphatic carbocycles. The molecule has 0 atom stereocenters. The topological polar surface area (TPSA) is 69.7 Å². The zero-order valence-electron chi connectivity index (χ0n) is 17.0. The van der Waals surface area contributed by atoms with Crippen LogP contribution in [0.1, 0.15) is 35.7 Å². The van der Waals surface area contributed by atoms with Gasteiger partial charge in [-0.1, -0.05) is 24.3 Å². The normalized spacial score (nSPS) is 13.9. The molecule has 0 saturated carbocycles. The molecule has 0 spiro atoms. The Morgan fingerprint density at radius 1 is 0.897 bits per heavy atom. The molecule has 0 aromatic heterocycles. The van der Waals surface area contributed by atoms with Crippen LogP contribution in [0.15, 0.2) is 48.5 Å². The SMILES string of the molecule is CC(=O)N1CCN(c2ccc(NC(=O)CCC(=O)c3ccccc3C)cc2)CC1. The minimum Gasteiger partial charge on any atom is -0.368 e. The van der Waals surface area contributed by atoms with Crippen LogP contribution in [0.5, 0.6) is 0 Å². The number of amides is 2. The van der Waals surface area contributed by atoms with Crippen LogP contribution in [0, 0.1) is 6.92 Å². The number of benzene rings is 2. The van der Waals surface area contributed by atoms with E-state index >= 15 is 0 Å². The first-order chi connectivity index (χ1) is 13.9. The number of hydrogen-bond acceptors (Lipinski definition) is 4. The van der Waals surface area contributed by atoms with E-state index in [2.05, 4.69) is 10.2 Å². The van der Waals surface area contributed by atoms with Crippen molar-refractivity contribution in [1.82, 2.24) is 4.90 Å². The zero-order chi connectivity index (χ0) is 20.8. The van der Waals surface area contributed by atoms with E-state index in [1.54, 1.807) is 13.0 Å². The standard InChI is InChI=1S/C23H27N3O3/c1-17-5-3-4-6-21(17)22(28)11-12-23(29)24-19-7-9-20(10-8-19)26-15-13-25(14-16-26)18(2)27/h3-10H,11-16H2,1-2H3,(H,24,29). The Balaban J connectivity index is 1.48. The first-order valence-electron chi connectivity index (χ1n) is 9.93. The van der Waals surface area contributed by atoms with Crippen molar-refractivity contribution in [1.29, 1.82) is 0 Å². The summed E-state index contributed by atoms with van der Waals surface area (Å²) in [6.07, 6.45) is 0.344. The molecule has 1 fully saturated rings. The molecule has 0 radical (unpaired) electrons. The van der Waals surface area contributed by atoms with Crippen molar-refractivity contribution in [2.45, 2.75) is 26.7 Å². The predicted octanol–water partition coefficient (Wildman–Crippen LogP) is 3.27. The molecular formula is C23H27N3O3. The summed E-state index contributed by atoms with van der Waals surface area (Å²) in [5, 5.41) is 2.85. The van der Waals surface area contributed by atoms with Crippen molar-refractivity contribution in [2.24, 2.45) is 0 Å². The highest BCUT2D eigenvalue weighted by molar-refractivity contribution is 6.00. The fourth-order valence-corrected chi connectivity index (χ4v) is 3.51. The van der Waals surface area contributed by atoms with E-state index in [4.69, 9.17) is 0 Å². The molecule has 2 aromatic carbocycles. The zero-order valence-corrected chi connectivity index (χ0v) is 17.0. The monoisotopic (exact) mass is 393 g/mol. The number of rotatable bonds is 6. The minimum absolute atomic E-state index is 0.0155. The molecule has 2 aromatic rings. The number of Topliss-reactive ketones (excluding diaryl/α,β-unsaturated/α-hetero) is 1. The number of carbonyl (C=O) groups excluding carboxylic acids is 3. The van der Waals surface area contributed by atoms with Crippen LogP contribution in [-0.2, 0) is 9.59 Å². The molecule has 1 N–H and O–H groups in total. The third kappa shape index (κ3) is 5.44. The van der Waals surface area contributed by atoms with Gasteiger partial charge in [-0.25, -0.2) is 0 Å². The Hall–Kier alpha value is -3.15. The van der Waals surface area contributed by atoms with Crippen molar-refractivity contribution in [3.8, 4) is 0 Å². The van der Waals surface area contributed by atoms with E-state index in [1.165, 1.54) is 0 Å². The maximum atomic E-state index is 12.3. The Bertz CT molecular complexity index is 884. The van der Waals surface area contributed by atoms with Crippen molar-refractivity contribution in [3.05, 3.63) is 59.7 Å². The molecule has 1 heterocycles. The smallest absolute Gasteiger partial charge is 0.224 e. The summed E-state index contributed by atoms with van der Waals surface area (Å²) in [4.78, 5) is 40.0. The lowest BCUT2D eigenvalue weighted by Crippen LogP contribution is -2.48. The van der Waals surface area contributed by atoms with Crippen LogP contribution in [0.3, 0.4) is 0 Å². The van der Waals surface area contributed by atoms with Gasteiger partial charge < -0.3 is 15.1 Å². The first-order valence-corrected chi connectivity index (χ1v) is 9.93. The van der Waals surface area contributed by atoms with Crippen LogP contribution < -0.4 is 10.2 Å². The Labute approximate surface area is 171 Å². The quantitative estimate of drug-likeness (QED) is 0.765. The van der Waals surface area contributed by atoms with E-state index < -0.39 is 0 Å². The van der Waals surface area contributed by atoms with Crippen molar-refractivity contribution in [2.75, 3.05) is 36.4 Å². The van der Waals surface area contributed by atoms with E-state index in [0.717, 1.165) is 37.4 Å². The van der Waals surface area contributed by atoms with Crippen LogP contribution in [0.2, 0.25) is 0 Å². The Kier molecular flexibility index (Phi) is 6.65. The second-order valence-corrected chi connectivity index (χ2v) is 7.33. The van der Waals surface area contributed by atoms with Crippen molar-refractivity contribution in [3.63, 3.8) is 0 Å². The second-order valence-electron chi connectivity index (χ2n) is 7.33. The Morgan fingerprint density at radius 3 is 2.17 bits per heavy atom. The van der Waals surface area contributed by atoms with Crippen molar-refractivity contribution < 1.29 is 14.4 Å². The van der Waals surface area contributed by atoms with Crippen molar-refractivity contribution >= 4 is 29.0 Å². The summed E-state index contributed by atoms with van der Waals surface area (Å²) in [5.74, 6) is -0.0725. The predicted molar refractivity (Wildman–Crippen MR) is 114 cm³/mol. The molecule has 6 heteroatoms. The van der Waals surface area contributed by atoms with E-state index in [9.17, 15) is 14.4 Å². The van der Waals surface area contributed by atoms with Crippen LogP contribution in [0.25, 0.3) is 0 Å². The molecule has 152 valence electrons. The molecule has 1 aliphatic rings. The van der Waals surface area contributed by atoms with Crippen LogP contribution in [-0.4, -0.2) is 48.7 Å². The van der Waals surface area contributed by atoms with Gasteiger partial charge in [-0.05, 0) is 36.8 Å². The van der Waals surface area contributed by atoms with Gasteiger partial charge in [0.25, 0.3) is 0 Å². The lowest BCUT2D eigenvalue weighted by atomic mass is 10.0. The molecule has 6 nitrogen and oxygen atoms in total. The summed E-state index contributed by atoms with van der Waals surface area (Å²) >= 11 is 0. The van der Waals surface area contributed by atoms with Gasteiger partial charge in [-0.2, -0.15) is 0 Å². The first kappa shape index (κ1) is 20.6. The van der Waals surface area contributed by atoms with E-state index in [1.807, 2.05) is 54.3 Å². The van der Waals surface area contributed by atoms with Gasteiger partial charge in [-0.3, -0.25) is 14.4 Å². The highest BCUT2D eigenvalue weighted by atomic mass is 16.2. The van der Waals surface area contributed by atoms with Gasteiger partial charge in [0.2, 0.25) is 11.8 Å². The number of nitrogens with one attached hydrogen (secondary N) is 1. The minimum atomic E-state index is -0.172. The average Bonchev–Trinajstić information content (AvgIpc) is 2.73. The fraction of sp³-hybridized carbons (Fsp3) is 0.348. The van der Waals surface area contributed by atoms with Gasteiger partial charge in [0.05, 0.1) is 0 Å². The Morgan fingerprint density at radius 2 is 1.55 bits per heavy atom. The van der Waals surface area contributed by atoms with Gasteiger partial charge >= 0.3 is 0 Å². The summed E-state index contributed by atoms with van der Waals surface area (Å²) in [7, 11) is 0. The lowest BCUT2D eigenvalue weighted by Gasteiger charge is -2.35. The largest absolute Gasteiger partial charge is 0.368 e. The molecule has 3 rings (SSSR count). The maximum absolute atomic E-state index is 12.3. The van der Waals surface area contributed by atoms with Crippen LogP contribution in [0.4, 0.5) is 11.4 Å². The maximum Gasteiger partial charge on any atom is 0.224 e. The number of anilines is 2. The van der Waals surface area contributed by atoms with E-state index in [0.29, 0.717) is 11.3 Å².